The fourth-order valence-corrected chi connectivity index (χ4v) is 3.26. The van der Waals surface area contributed by atoms with Crippen LogP contribution in [0.4, 0.5) is 0 Å². The van der Waals surface area contributed by atoms with Gasteiger partial charge >= 0.3 is 5.97 Å². The largest absolute Gasteiger partial charge is 0.497 e. The average Bonchev–Trinajstić information content (AvgIpc) is 3.48. The zero-order valence-electron chi connectivity index (χ0n) is 15.7. The summed E-state index contributed by atoms with van der Waals surface area (Å²) in [7, 11) is 1.62. The summed E-state index contributed by atoms with van der Waals surface area (Å²) in [4.78, 5) is 30.0. The lowest BCUT2D eigenvalue weighted by Gasteiger charge is -2.22. The number of para-hydroxylation sites is 1. The van der Waals surface area contributed by atoms with E-state index in [9.17, 15) is 9.59 Å². The van der Waals surface area contributed by atoms with E-state index in [1.807, 2.05) is 48.5 Å². The average molecular weight is 378 g/mol. The molecule has 1 amide bonds. The third-order valence-corrected chi connectivity index (χ3v) is 4.96. The zero-order valence-corrected chi connectivity index (χ0v) is 15.7. The second-order valence-corrected chi connectivity index (χ2v) is 6.92. The molecule has 4 rings (SSSR count). The van der Waals surface area contributed by atoms with E-state index in [1.165, 1.54) is 0 Å². The molecule has 1 heterocycles. The van der Waals surface area contributed by atoms with E-state index in [4.69, 9.17) is 9.47 Å². The molecule has 1 aliphatic carbocycles. The van der Waals surface area contributed by atoms with Gasteiger partial charge in [0, 0.05) is 29.7 Å². The summed E-state index contributed by atoms with van der Waals surface area (Å²) in [6.45, 7) is 0.239. The van der Waals surface area contributed by atoms with Gasteiger partial charge in [-0.3, -0.25) is 4.79 Å². The number of rotatable bonds is 7. The molecule has 1 fully saturated rings. The molecule has 6 heteroatoms. The lowest BCUT2D eigenvalue weighted by Crippen LogP contribution is -2.36. The van der Waals surface area contributed by atoms with E-state index in [1.54, 1.807) is 18.2 Å². The molecular formula is C22H22N2O4. The topological polar surface area (TPSA) is 71.6 Å². The van der Waals surface area contributed by atoms with Crippen LogP contribution in [-0.2, 0) is 16.1 Å². The van der Waals surface area contributed by atoms with Crippen molar-refractivity contribution in [3.05, 3.63) is 65.9 Å². The molecule has 0 radical (unpaired) electrons. The summed E-state index contributed by atoms with van der Waals surface area (Å²) in [5.41, 5.74) is 2.32. The summed E-state index contributed by atoms with van der Waals surface area (Å²) in [6.07, 6.45) is 3.59. The van der Waals surface area contributed by atoms with E-state index < -0.39 is 5.97 Å². The summed E-state index contributed by atoms with van der Waals surface area (Å²) >= 11 is 0. The summed E-state index contributed by atoms with van der Waals surface area (Å²) in [5, 5.41) is 0.789. The maximum atomic E-state index is 12.7. The normalized spacial score (nSPS) is 13.3. The first-order valence-corrected chi connectivity index (χ1v) is 9.31. The van der Waals surface area contributed by atoms with Crippen molar-refractivity contribution in [2.24, 2.45) is 0 Å². The quantitative estimate of drug-likeness (QED) is 0.639. The van der Waals surface area contributed by atoms with E-state index in [-0.39, 0.29) is 18.6 Å². The smallest absolute Gasteiger partial charge is 0.340 e. The molecule has 0 bridgehead atoms. The van der Waals surface area contributed by atoms with Crippen LogP contribution in [0.2, 0.25) is 0 Å². The van der Waals surface area contributed by atoms with Crippen LogP contribution in [0.1, 0.15) is 28.8 Å². The van der Waals surface area contributed by atoms with Gasteiger partial charge in [0.15, 0.2) is 6.61 Å². The monoisotopic (exact) mass is 378 g/mol. The van der Waals surface area contributed by atoms with Crippen molar-refractivity contribution in [2.45, 2.75) is 25.4 Å². The highest BCUT2D eigenvalue weighted by molar-refractivity contribution is 6.04. The summed E-state index contributed by atoms with van der Waals surface area (Å²) < 4.78 is 10.5. The highest BCUT2D eigenvalue weighted by Crippen LogP contribution is 2.29. The number of nitrogens with one attached hydrogen (secondary N) is 1. The van der Waals surface area contributed by atoms with Gasteiger partial charge in [0.1, 0.15) is 5.75 Å². The van der Waals surface area contributed by atoms with Crippen LogP contribution in [0.15, 0.2) is 54.7 Å². The Hall–Kier alpha value is -3.28. The van der Waals surface area contributed by atoms with Gasteiger partial charge in [-0.1, -0.05) is 30.3 Å². The van der Waals surface area contributed by atoms with Crippen molar-refractivity contribution in [3.8, 4) is 5.75 Å². The zero-order chi connectivity index (χ0) is 19.5. The lowest BCUT2D eigenvalue weighted by atomic mass is 10.2. The molecule has 1 aliphatic rings. The Morgan fingerprint density at radius 2 is 1.86 bits per heavy atom. The maximum Gasteiger partial charge on any atom is 0.340 e. The number of esters is 1. The molecule has 3 aromatic rings. The molecule has 1 aromatic heterocycles. The summed E-state index contributed by atoms with van der Waals surface area (Å²) in [6, 6.07) is 15.4. The standard InChI is InChI=1S/C22H22N2O4/c1-27-17-10-6-15(7-11-17)13-24(16-8-9-16)21(25)14-28-22(26)19-12-23-20-5-3-2-4-18(19)20/h2-7,10-12,16,23H,8-9,13-14H2,1H3. The molecule has 6 nitrogen and oxygen atoms in total. The van der Waals surface area contributed by atoms with Gasteiger partial charge < -0.3 is 19.4 Å². The lowest BCUT2D eigenvalue weighted by molar-refractivity contribution is -0.135. The number of hydrogen-bond acceptors (Lipinski definition) is 4. The number of aromatic nitrogens is 1. The predicted octanol–water partition coefficient (Wildman–Crippen LogP) is 3.52. The highest BCUT2D eigenvalue weighted by Gasteiger charge is 2.33. The van der Waals surface area contributed by atoms with Gasteiger partial charge in [0.2, 0.25) is 0 Å². The number of hydrogen-bond donors (Lipinski definition) is 1. The number of carbonyl (C=O) groups excluding carboxylic acids is 2. The van der Waals surface area contributed by atoms with Crippen LogP contribution in [0, 0.1) is 0 Å². The van der Waals surface area contributed by atoms with Crippen LogP contribution in [0.5, 0.6) is 5.75 Å². The van der Waals surface area contributed by atoms with Crippen molar-refractivity contribution in [1.29, 1.82) is 0 Å². The molecule has 2 aromatic carbocycles. The number of fused-ring (bicyclic) bond motifs is 1. The van der Waals surface area contributed by atoms with E-state index >= 15 is 0 Å². The minimum Gasteiger partial charge on any atom is -0.497 e. The second-order valence-electron chi connectivity index (χ2n) is 6.92. The molecule has 0 atom stereocenters. The molecule has 1 saturated carbocycles. The molecule has 0 aliphatic heterocycles. The van der Waals surface area contributed by atoms with Crippen LogP contribution < -0.4 is 4.74 Å². The van der Waals surface area contributed by atoms with E-state index in [0.29, 0.717) is 12.1 Å². The maximum absolute atomic E-state index is 12.7. The highest BCUT2D eigenvalue weighted by atomic mass is 16.5. The molecule has 0 saturated heterocycles. The Morgan fingerprint density at radius 1 is 1.11 bits per heavy atom. The first-order chi connectivity index (χ1) is 13.7. The molecule has 144 valence electrons. The number of carbonyl (C=O) groups is 2. The fourth-order valence-electron chi connectivity index (χ4n) is 3.26. The molecule has 0 unspecified atom stereocenters. The van der Waals surface area contributed by atoms with E-state index in [0.717, 1.165) is 35.1 Å². The van der Waals surface area contributed by atoms with E-state index in [2.05, 4.69) is 4.98 Å². The van der Waals surface area contributed by atoms with Gasteiger partial charge in [-0.15, -0.1) is 0 Å². The van der Waals surface area contributed by atoms with Gasteiger partial charge in [-0.2, -0.15) is 0 Å². The summed E-state index contributed by atoms with van der Waals surface area (Å²) in [5.74, 6) is 0.109. The molecular weight excluding hydrogens is 356 g/mol. The fraction of sp³-hybridized carbons (Fsp3) is 0.273. The number of H-pyrrole nitrogens is 1. The Morgan fingerprint density at radius 3 is 2.57 bits per heavy atom. The van der Waals surface area contributed by atoms with Crippen molar-refractivity contribution in [2.75, 3.05) is 13.7 Å². The van der Waals surface area contributed by atoms with Crippen LogP contribution in [-0.4, -0.2) is 41.5 Å². The minimum absolute atomic E-state index is 0.175. The van der Waals surface area contributed by atoms with Crippen LogP contribution in [0.3, 0.4) is 0 Å². The van der Waals surface area contributed by atoms with Gasteiger partial charge in [0.25, 0.3) is 5.91 Å². The molecule has 1 N–H and O–H groups in total. The number of methoxy groups -OCH3 is 1. The number of amides is 1. The predicted molar refractivity (Wildman–Crippen MR) is 105 cm³/mol. The van der Waals surface area contributed by atoms with Crippen molar-refractivity contribution in [1.82, 2.24) is 9.88 Å². The third-order valence-electron chi connectivity index (χ3n) is 4.96. The Bertz CT molecular complexity index is 989. The minimum atomic E-state index is -0.494. The van der Waals surface area contributed by atoms with Gasteiger partial charge in [-0.25, -0.2) is 4.79 Å². The SMILES string of the molecule is COc1ccc(CN(C(=O)COC(=O)c2c[nH]c3ccccc23)C2CC2)cc1. The number of ether oxygens (including phenoxy) is 2. The van der Waals surface area contributed by atoms with Crippen LogP contribution >= 0.6 is 0 Å². The van der Waals surface area contributed by atoms with Gasteiger partial charge in [0.05, 0.1) is 12.7 Å². The van der Waals surface area contributed by atoms with Crippen molar-refractivity contribution >= 4 is 22.8 Å². The molecule has 0 spiro atoms. The second kappa shape index (κ2) is 7.76. The van der Waals surface area contributed by atoms with Crippen molar-refractivity contribution in [3.63, 3.8) is 0 Å². The Labute approximate surface area is 163 Å². The van der Waals surface area contributed by atoms with Crippen LogP contribution in [0.25, 0.3) is 10.9 Å². The first-order valence-electron chi connectivity index (χ1n) is 9.31. The first kappa shape index (κ1) is 18.1. The third kappa shape index (κ3) is 3.86. The number of nitrogens with zero attached hydrogens (tertiary/aromatic N) is 1. The number of benzene rings is 2. The molecule has 28 heavy (non-hydrogen) atoms. The Kier molecular flexibility index (Phi) is 5.02. The number of aromatic amines is 1. The van der Waals surface area contributed by atoms with Gasteiger partial charge in [-0.05, 0) is 36.6 Å². The Balaban J connectivity index is 1.40. The van der Waals surface area contributed by atoms with Crippen molar-refractivity contribution < 1.29 is 19.1 Å².